The van der Waals surface area contributed by atoms with Gasteiger partial charge < -0.3 is 20.3 Å². The quantitative estimate of drug-likeness (QED) is 0.736. The number of ether oxygens (including phenoxy) is 1. The average Bonchev–Trinajstić information content (AvgIpc) is 3.06. The second-order valence-corrected chi connectivity index (χ2v) is 7.19. The number of anilines is 3. The second-order valence-electron chi connectivity index (χ2n) is 7.19. The van der Waals surface area contributed by atoms with Crippen molar-refractivity contribution < 1.29 is 13.9 Å². The van der Waals surface area contributed by atoms with Gasteiger partial charge in [-0.3, -0.25) is 9.69 Å². The summed E-state index contributed by atoms with van der Waals surface area (Å²) in [7, 11) is 1.70. The normalized spacial score (nSPS) is 18.1. The van der Waals surface area contributed by atoms with Gasteiger partial charge in [-0.15, -0.1) is 0 Å². The molecule has 0 unspecified atom stereocenters. The summed E-state index contributed by atoms with van der Waals surface area (Å²) in [6.07, 6.45) is 1.63. The molecule has 2 N–H and O–H groups in total. The lowest BCUT2D eigenvalue weighted by atomic mass is 10.1. The van der Waals surface area contributed by atoms with Crippen molar-refractivity contribution in [2.75, 3.05) is 62.0 Å². The van der Waals surface area contributed by atoms with Crippen LogP contribution in [0, 0.1) is 5.82 Å². The van der Waals surface area contributed by atoms with Gasteiger partial charge in [0.15, 0.2) is 0 Å². The van der Waals surface area contributed by atoms with E-state index in [0.717, 1.165) is 44.0 Å². The van der Waals surface area contributed by atoms with Gasteiger partial charge in [0.25, 0.3) is 5.91 Å². The van der Waals surface area contributed by atoms with Crippen molar-refractivity contribution in [2.24, 2.45) is 0 Å². The Morgan fingerprint density at radius 3 is 2.72 bits per heavy atom. The maximum absolute atomic E-state index is 14.7. The van der Waals surface area contributed by atoms with Crippen LogP contribution in [0.4, 0.5) is 21.5 Å². The molecule has 0 aromatic heterocycles. The number of fused-ring (bicyclic) bond motifs is 1. The number of nitrogens with zero attached hydrogens (tertiary/aromatic N) is 2. The summed E-state index contributed by atoms with van der Waals surface area (Å²) >= 11 is 0. The van der Waals surface area contributed by atoms with E-state index in [1.165, 1.54) is 6.07 Å². The van der Waals surface area contributed by atoms with Gasteiger partial charge in [0.1, 0.15) is 5.82 Å². The number of carbonyl (C=O) groups is 1. The zero-order valence-corrected chi connectivity index (χ0v) is 16.5. The van der Waals surface area contributed by atoms with Crippen molar-refractivity contribution in [3.63, 3.8) is 0 Å². The van der Waals surface area contributed by atoms with Crippen LogP contribution in [-0.2, 0) is 9.53 Å². The highest BCUT2D eigenvalue weighted by Crippen LogP contribution is 2.31. The standard InChI is InChI=1S/C22H25FN4O2/c1-29-13-12-26-8-10-27(11-9-26)21-7-6-16(14-19(21)23)24-15-18-17-4-2-3-5-20(17)25-22(18)28/h2-7,14-15,24H,8-13H2,1H3,(H,25,28). The molecule has 1 amide bonds. The monoisotopic (exact) mass is 396 g/mol. The summed E-state index contributed by atoms with van der Waals surface area (Å²) in [5, 5.41) is 5.88. The molecule has 2 aliphatic heterocycles. The Labute approximate surface area is 169 Å². The molecule has 2 aliphatic rings. The van der Waals surface area contributed by atoms with E-state index in [2.05, 4.69) is 20.4 Å². The number of hydrogen-bond donors (Lipinski definition) is 2. The van der Waals surface area contributed by atoms with E-state index in [9.17, 15) is 9.18 Å². The van der Waals surface area contributed by atoms with Gasteiger partial charge in [0, 0.05) is 63.0 Å². The second kappa shape index (κ2) is 8.63. The Kier molecular flexibility index (Phi) is 5.78. The molecule has 0 spiro atoms. The number of amides is 1. The lowest BCUT2D eigenvalue weighted by Gasteiger charge is -2.36. The number of hydrogen-bond acceptors (Lipinski definition) is 5. The molecule has 4 rings (SSSR count). The van der Waals surface area contributed by atoms with Crippen LogP contribution in [0.2, 0.25) is 0 Å². The van der Waals surface area contributed by atoms with E-state index in [-0.39, 0.29) is 11.7 Å². The fraction of sp³-hybridized carbons (Fsp3) is 0.318. The predicted molar refractivity (Wildman–Crippen MR) is 114 cm³/mol. The fourth-order valence-electron chi connectivity index (χ4n) is 3.72. The van der Waals surface area contributed by atoms with Gasteiger partial charge in [-0.1, -0.05) is 18.2 Å². The highest BCUT2D eigenvalue weighted by molar-refractivity contribution is 6.31. The first-order valence-corrected chi connectivity index (χ1v) is 9.79. The summed E-state index contributed by atoms with van der Waals surface area (Å²) in [5.41, 5.74) is 3.38. The van der Waals surface area contributed by atoms with E-state index in [1.54, 1.807) is 19.4 Å². The minimum Gasteiger partial charge on any atom is -0.383 e. The third-order valence-corrected chi connectivity index (χ3v) is 5.37. The van der Waals surface area contributed by atoms with Crippen LogP contribution in [-0.4, -0.2) is 57.2 Å². The lowest BCUT2D eigenvalue weighted by Crippen LogP contribution is -2.47. The Bertz CT molecular complexity index is 923. The summed E-state index contributed by atoms with van der Waals surface area (Å²) in [6, 6.07) is 12.6. The highest BCUT2D eigenvalue weighted by atomic mass is 19.1. The van der Waals surface area contributed by atoms with Gasteiger partial charge >= 0.3 is 0 Å². The maximum atomic E-state index is 14.7. The van der Waals surface area contributed by atoms with Crippen molar-refractivity contribution in [3.05, 3.63) is 60.0 Å². The molecule has 2 aromatic carbocycles. The number of carbonyl (C=O) groups excluding carboxylic acids is 1. The van der Waals surface area contributed by atoms with Crippen molar-refractivity contribution in [1.29, 1.82) is 0 Å². The van der Waals surface area contributed by atoms with Crippen LogP contribution < -0.4 is 15.5 Å². The van der Waals surface area contributed by atoms with Crippen molar-refractivity contribution in [1.82, 2.24) is 4.90 Å². The van der Waals surface area contributed by atoms with Crippen LogP contribution >= 0.6 is 0 Å². The van der Waals surface area contributed by atoms with Crippen molar-refractivity contribution in [2.45, 2.75) is 0 Å². The first-order chi connectivity index (χ1) is 14.2. The minimum atomic E-state index is -0.269. The minimum absolute atomic E-state index is 0.165. The van der Waals surface area contributed by atoms with E-state index in [0.29, 0.717) is 23.6 Å². The van der Waals surface area contributed by atoms with Gasteiger partial charge in [-0.2, -0.15) is 0 Å². The maximum Gasteiger partial charge on any atom is 0.257 e. The van der Waals surface area contributed by atoms with Crippen LogP contribution in [0.15, 0.2) is 48.7 Å². The third kappa shape index (κ3) is 4.26. The van der Waals surface area contributed by atoms with Gasteiger partial charge in [0.05, 0.1) is 17.9 Å². The van der Waals surface area contributed by atoms with Crippen LogP contribution in [0.5, 0.6) is 0 Å². The zero-order chi connectivity index (χ0) is 20.2. The molecule has 0 saturated carbocycles. The summed E-state index contributed by atoms with van der Waals surface area (Å²) < 4.78 is 19.9. The van der Waals surface area contributed by atoms with Crippen LogP contribution in [0.1, 0.15) is 5.56 Å². The Morgan fingerprint density at radius 2 is 1.97 bits per heavy atom. The molecule has 152 valence electrons. The van der Waals surface area contributed by atoms with E-state index < -0.39 is 0 Å². The first kappa shape index (κ1) is 19.4. The van der Waals surface area contributed by atoms with Crippen LogP contribution in [0.3, 0.4) is 0 Å². The number of methoxy groups -OCH3 is 1. The highest BCUT2D eigenvalue weighted by Gasteiger charge is 2.23. The molecule has 0 atom stereocenters. The molecular weight excluding hydrogens is 371 g/mol. The lowest BCUT2D eigenvalue weighted by molar-refractivity contribution is -0.110. The SMILES string of the molecule is COCCN1CCN(c2ccc(NC=C3C(=O)Nc4ccccc43)cc2F)CC1. The molecule has 7 heteroatoms. The largest absolute Gasteiger partial charge is 0.383 e. The third-order valence-electron chi connectivity index (χ3n) is 5.37. The molecule has 1 saturated heterocycles. The number of rotatable bonds is 6. The number of piperazine rings is 1. The van der Waals surface area contributed by atoms with Crippen LogP contribution in [0.25, 0.3) is 5.57 Å². The molecule has 0 radical (unpaired) electrons. The molecule has 0 bridgehead atoms. The topological polar surface area (TPSA) is 56.8 Å². The number of para-hydroxylation sites is 1. The van der Waals surface area contributed by atoms with Gasteiger partial charge in [0.2, 0.25) is 0 Å². The number of halogens is 1. The van der Waals surface area contributed by atoms with Crippen molar-refractivity contribution >= 4 is 28.5 Å². The number of benzene rings is 2. The Hall–Kier alpha value is -2.90. The molecule has 2 aromatic rings. The predicted octanol–water partition coefficient (Wildman–Crippen LogP) is 3.00. The average molecular weight is 396 g/mol. The Balaban J connectivity index is 1.42. The van der Waals surface area contributed by atoms with Gasteiger partial charge in [-0.25, -0.2) is 4.39 Å². The zero-order valence-electron chi connectivity index (χ0n) is 16.5. The van der Waals surface area contributed by atoms with Gasteiger partial charge in [-0.05, 0) is 24.3 Å². The molecule has 29 heavy (non-hydrogen) atoms. The molecule has 0 aliphatic carbocycles. The molecule has 1 fully saturated rings. The van der Waals surface area contributed by atoms with E-state index in [1.807, 2.05) is 30.3 Å². The Morgan fingerprint density at radius 1 is 1.17 bits per heavy atom. The van der Waals surface area contributed by atoms with E-state index >= 15 is 0 Å². The molecular formula is C22H25FN4O2. The number of nitrogens with one attached hydrogen (secondary N) is 2. The first-order valence-electron chi connectivity index (χ1n) is 9.79. The summed E-state index contributed by atoms with van der Waals surface area (Å²) in [4.78, 5) is 16.6. The smallest absolute Gasteiger partial charge is 0.257 e. The van der Waals surface area contributed by atoms with E-state index in [4.69, 9.17) is 4.74 Å². The molecule has 6 nitrogen and oxygen atoms in total. The summed E-state index contributed by atoms with van der Waals surface area (Å²) in [5.74, 6) is -0.433. The molecule has 2 heterocycles. The van der Waals surface area contributed by atoms with Crippen molar-refractivity contribution in [3.8, 4) is 0 Å². The fourth-order valence-corrected chi connectivity index (χ4v) is 3.72. The summed E-state index contributed by atoms with van der Waals surface area (Å²) in [6.45, 7) is 4.98.